The molecule has 1 aromatic carbocycles. The summed E-state index contributed by atoms with van der Waals surface area (Å²) in [5.41, 5.74) is 6.30. The summed E-state index contributed by atoms with van der Waals surface area (Å²) in [6.07, 6.45) is 2.49. The molecule has 1 aliphatic heterocycles. The SMILES string of the molecule is Cl.NCc1cc(C(=O)NC2CCCN(c3ccc(OC(F)F)cc3)C2=O)co1. The highest BCUT2D eigenvalue weighted by atomic mass is 35.5. The third-order valence-electron chi connectivity index (χ3n) is 4.23. The molecular formula is C18H20ClF2N3O4. The van der Waals surface area contributed by atoms with Crippen LogP contribution in [-0.2, 0) is 11.3 Å². The Balaban J connectivity index is 0.00000280. The molecule has 7 nitrogen and oxygen atoms in total. The normalized spacial score (nSPS) is 16.6. The number of nitrogens with two attached hydrogens (primary N) is 1. The molecule has 28 heavy (non-hydrogen) atoms. The minimum absolute atomic E-state index is 0. The van der Waals surface area contributed by atoms with Gasteiger partial charge in [0.2, 0.25) is 5.91 Å². The lowest BCUT2D eigenvalue weighted by Crippen LogP contribution is -2.52. The monoisotopic (exact) mass is 415 g/mol. The molecule has 3 N–H and O–H groups in total. The van der Waals surface area contributed by atoms with Crippen LogP contribution in [-0.4, -0.2) is 31.0 Å². The topological polar surface area (TPSA) is 97.8 Å². The van der Waals surface area contributed by atoms with Crippen LogP contribution in [0.5, 0.6) is 5.75 Å². The molecule has 1 aliphatic rings. The van der Waals surface area contributed by atoms with Gasteiger partial charge in [-0.25, -0.2) is 0 Å². The first-order chi connectivity index (χ1) is 13.0. The smallest absolute Gasteiger partial charge is 0.387 e. The second kappa shape index (κ2) is 9.52. The van der Waals surface area contributed by atoms with Crippen molar-refractivity contribution in [3.8, 4) is 5.75 Å². The molecule has 2 aromatic rings. The van der Waals surface area contributed by atoms with Crippen LogP contribution in [0.15, 0.2) is 41.0 Å². The zero-order chi connectivity index (χ0) is 19.4. The number of amides is 2. The second-order valence-electron chi connectivity index (χ2n) is 6.04. The molecule has 1 unspecified atom stereocenters. The van der Waals surface area contributed by atoms with Gasteiger partial charge in [0.25, 0.3) is 5.91 Å². The highest BCUT2D eigenvalue weighted by Gasteiger charge is 2.31. The number of nitrogens with one attached hydrogen (secondary N) is 1. The van der Waals surface area contributed by atoms with E-state index < -0.39 is 18.6 Å². The minimum Gasteiger partial charge on any atom is -0.467 e. The molecule has 10 heteroatoms. The molecule has 0 radical (unpaired) electrons. The van der Waals surface area contributed by atoms with Gasteiger partial charge in [-0.3, -0.25) is 9.59 Å². The number of carbonyl (C=O) groups excluding carboxylic acids is 2. The van der Waals surface area contributed by atoms with Crippen LogP contribution in [0.3, 0.4) is 0 Å². The van der Waals surface area contributed by atoms with Crippen molar-refractivity contribution < 1.29 is 27.5 Å². The van der Waals surface area contributed by atoms with Gasteiger partial charge in [0.15, 0.2) is 0 Å². The van der Waals surface area contributed by atoms with Crippen molar-refractivity contribution in [2.75, 3.05) is 11.4 Å². The van der Waals surface area contributed by atoms with Gasteiger partial charge in [0, 0.05) is 12.2 Å². The maximum Gasteiger partial charge on any atom is 0.387 e. The Morgan fingerprint density at radius 3 is 2.68 bits per heavy atom. The summed E-state index contributed by atoms with van der Waals surface area (Å²) in [5, 5.41) is 2.70. The lowest BCUT2D eigenvalue weighted by Gasteiger charge is -2.32. The maximum absolute atomic E-state index is 12.7. The van der Waals surface area contributed by atoms with Crippen LogP contribution in [0, 0.1) is 0 Å². The van der Waals surface area contributed by atoms with E-state index in [0.29, 0.717) is 36.4 Å². The number of ether oxygens (including phenoxy) is 1. The number of nitrogens with zero attached hydrogens (tertiary/aromatic N) is 1. The number of carbonyl (C=O) groups is 2. The lowest BCUT2D eigenvalue weighted by molar-refractivity contribution is -0.121. The molecule has 0 aliphatic carbocycles. The summed E-state index contributed by atoms with van der Waals surface area (Å²) in [6.45, 7) is -2.26. The largest absolute Gasteiger partial charge is 0.467 e. The first-order valence-electron chi connectivity index (χ1n) is 8.42. The summed E-state index contributed by atoms with van der Waals surface area (Å²) >= 11 is 0. The first-order valence-corrected chi connectivity index (χ1v) is 8.42. The Labute approximate surface area is 166 Å². The van der Waals surface area contributed by atoms with Crippen molar-refractivity contribution in [2.45, 2.75) is 32.0 Å². The zero-order valence-electron chi connectivity index (χ0n) is 14.8. The molecular weight excluding hydrogens is 396 g/mol. The van der Waals surface area contributed by atoms with Crippen LogP contribution in [0.25, 0.3) is 0 Å². The molecule has 3 rings (SSSR count). The number of furan rings is 1. The number of anilines is 1. The van der Waals surface area contributed by atoms with Crippen molar-refractivity contribution in [3.63, 3.8) is 0 Å². The molecule has 152 valence electrons. The van der Waals surface area contributed by atoms with E-state index in [2.05, 4.69) is 10.1 Å². The highest BCUT2D eigenvalue weighted by Crippen LogP contribution is 2.25. The summed E-state index contributed by atoms with van der Waals surface area (Å²) in [7, 11) is 0. The van der Waals surface area contributed by atoms with E-state index in [0.717, 1.165) is 0 Å². The van der Waals surface area contributed by atoms with Crippen LogP contribution >= 0.6 is 12.4 Å². The van der Waals surface area contributed by atoms with Crippen molar-refractivity contribution in [2.24, 2.45) is 5.73 Å². The molecule has 1 aromatic heterocycles. The fourth-order valence-corrected chi connectivity index (χ4v) is 2.92. The minimum atomic E-state index is -2.91. The Morgan fingerprint density at radius 2 is 2.07 bits per heavy atom. The fourth-order valence-electron chi connectivity index (χ4n) is 2.92. The number of alkyl halides is 2. The van der Waals surface area contributed by atoms with Gasteiger partial charge in [-0.15, -0.1) is 12.4 Å². The number of hydrogen-bond acceptors (Lipinski definition) is 5. The van der Waals surface area contributed by atoms with Gasteiger partial charge in [-0.1, -0.05) is 0 Å². The van der Waals surface area contributed by atoms with E-state index in [-0.39, 0.29) is 30.6 Å². The summed E-state index contributed by atoms with van der Waals surface area (Å²) in [5.74, 6) is -0.194. The average Bonchev–Trinajstić information content (AvgIpc) is 3.13. The fraction of sp³-hybridized carbons (Fsp3) is 0.333. The molecule has 0 bridgehead atoms. The Bertz CT molecular complexity index is 813. The van der Waals surface area contributed by atoms with Gasteiger partial charge in [0.1, 0.15) is 23.8 Å². The number of piperidine rings is 1. The number of hydrogen-bond donors (Lipinski definition) is 2. The van der Waals surface area contributed by atoms with Crippen molar-refractivity contribution in [1.29, 1.82) is 0 Å². The van der Waals surface area contributed by atoms with E-state index in [1.807, 2.05) is 0 Å². The summed E-state index contributed by atoms with van der Waals surface area (Å²) < 4.78 is 33.9. The van der Waals surface area contributed by atoms with Crippen LogP contribution in [0.4, 0.5) is 14.5 Å². The summed E-state index contributed by atoms with van der Waals surface area (Å²) in [6, 6.07) is 6.65. The summed E-state index contributed by atoms with van der Waals surface area (Å²) in [4.78, 5) is 26.6. The van der Waals surface area contributed by atoms with Crippen LogP contribution in [0.2, 0.25) is 0 Å². The van der Waals surface area contributed by atoms with Gasteiger partial charge in [0.05, 0.1) is 12.1 Å². The van der Waals surface area contributed by atoms with Gasteiger partial charge in [-0.2, -0.15) is 8.78 Å². The van der Waals surface area contributed by atoms with Crippen LogP contribution < -0.4 is 20.7 Å². The predicted molar refractivity (Wildman–Crippen MR) is 99.8 cm³/mol. The molecule has 1 atom stereocenters. The standard InChI is InChI=1S/C18H19F2N3O4.ClH/c19-18(20)27-13-5-3-12(4-6-13)23-7-1-2-15(17(23)25)22-16(24)11-8-14(9-21)26-10-11;/h3-6,8,10,15,18H,1-2,7,9,21H2,(H,22,24);1H. The maximum atomic E-state index is 12.7. The third kappa shape index (κ3) is 4.99. The highest BCUT2D eigenvalue weighted by molar-refractivity contribution is 6.02. The molecule has 2 amide bonds. The lowest BCUT2D eigenvalue weighted by atomic mass is 10.0. The number of halogens is 3. The quantitative estimate of drug-likeness (QED) is 0.756. The first kappa shape index (κ1) is 21.6. The van der Waals surface area contributed by atoms with E-state index in [1.165, 1.54) is 41.5 Å². The molecule has 1 fully saturated rings. The average molecular weight is 416 g/mol. The molecule has 0 spiro atoms. The van der Waals surface area contributed by atoms with Crippen LogP contribution in [0.1, 0.15) is 29.0 Å². The third-order valence-corrected chi connectivity index (χ3v) is 4.23. The number of benzene rings is 1. The van der Waals surface area contributed by atoms with Crippen molar-refractivity contribution in [1.82, 2.24) is 5.32 Å². The van der Waals surface area contributed by atoms with Crippen molar-refractivity contribution >= 4 is 29.9 Å². The van der Waals surface area contributed by atoms with Gasteiger partial charge >= 0.3 is 6.61 Å². The zero-order valence-corrected chi connectivity index (χ0v) is 15.6. The molecule has 0 saturated carbocycles. The molecule has 2 heterocycles. The second-order valence-corrected chi connectivity index (χ2v) is 6.04. The van der Waals surface area contributed by atoms with E-state index in [9.17, 15) is 18.4 Å². The Morgan fingerprint density at radius 1 is 1.36 bits per heavy atom. The predicted octanol–water partition coefficient (Wildman–Crippen LogP) is 2.69. The Hall–Kier alpha value is -2.65. The van der Waals surface area contributed by atoms with E-state index in [1.54, 1.807) is 0 Å². The van der Waals surface area contributed by atoms with E-state index >= 15 is 0 Å². The van der Waals surface area contributed by atoms with Gasteiger partial charge < -0.3 is 25.1 Å². The number of rotatable bonds is 6. The Kier molecular flexibility index (Phi) is 7.36. The van der Waals surface area contributed by atoms with E-state index in [4.69, 9.17) is 10.2 Å². The molecule has 1 saturated heterocycles. The van der Waals surface area contributed by atoms with Crippen molar-refractivity contribution in [3.05, 3.63) is 47.9 Å². The van der Waals surface area contributed by atoms with Gasteiger partial charge in [-0.05, 0) is 43.2 Å².